The number of rotatable bonds is 4. The number of fused-ring (bicyclic) bond motifs is 1. The lowest BCUT2D eigenvalue weighted by atomic mass is 9.85. The van der Waals surface area contributed by atoms with Gasteiger partial charge in [-0.05, 0) is 24.6 Å². The lowest BCUT2D eigenvalue weighted by Crippen LogP contribution is -2.40. The van der Waals surface area contributed by atoms with Gasteiger partial charge in [0.05, 0.1) is 12.2 Å². The summed E-state index contributed by atoms with van der Waals surface area (Å²) in [6.45, 7) is 4.73. The van der Waals surface area contributed by atoms with E-state index in [0.29, 0.717) is 17.9 Å². The molecule has 1 aromatic carbocycles. The summed E-state index contributed by atoms with van der Waals surface area (Å²) in [6.07, 6.45) is 0.649. The van der Waals surface area contributed by atoms with Crippen LogP contribution in [-0.2, 0) is 5.41 Å². The number of aromatic nitrogens is 2. The van der Waals surface area contributed by atoms with Crippen LogP contribution in [0.3, 0.4) is 0 Å². The van der Waals surface area contributed by atoms with Crippen molar-refractivity contribution in [3.8, 4) is 5.75 Å². The number of halogens is 1. The molecule has 1 atom stereocenters. The number of hydrogen-bond donors (Lipinski definition) is 2. The number of nitrogens with two attached hydrogens (primary N) is 1. The van der Waals surface area contributed by atoms with E-state index in [9.17, 15) is 4.79 Å². The van der Waals surface area contributed by atoms with E-state index < -0.39 is 5.76 Å². The highest BCUT2D eigenvalue weighted by atomic mass is 127. The van der Waals surface area contributed by atoms with Gasteiger partial charge in [-0.15, -0.1) is 0 Å². The Morgan fingerprint density at radius 3 is 3.00 bits per heavy atom. The molecule has 0 radical (unpaired) electrons. The van der Waals surface area contributed by atoms with Crippen molar-refractivity contribution in [2.45, 2.75) is 31.8 Å². The standard InChI is InChI=1S/C14H17IN4O3S/c1-14(2,12-17-13(20)22-18-12)6-9-7-19(23-15)10-5-8(16)3-4-11(10)21-9/h3-5,9H,6-7,16H2,1-2H3,(H,17,18,20). The van der Waals surface area contributed by atoms with Crippen LogP contribution in [0.4, 0.5) is 11.4 Å². The van der Waals surface area contributed by atoms with Crippen molar-refractivity contribution in [1.29, 1.82) is 0 Å². The van der Waals surface area contributed by atoms with Crippen molar-refractivity contribution < 1.29 is 9.26 Å². The molecular weight excluding hydrogens is 431 g/mol. The molecule has 124 valence electrons. The van der Waals surface area contributed by atoms with Crippen molar-refractivity contribution in [2.24, 2.45) is 0 Å². The van der Waals surface area contributed by atoms with Gasteiger partial charge in [0.2, 0.25) is 0 Å². The Kier molecular flexibility index (Phi) is 4.50. The second kappa shape index (κ2) is 6.27. The first kappa shape index (κ1) is 16.5. The molecule has 0 saturated carbocycles. The predicted octanol–water partition coefficient (Wildman–Crippen LogP) is 2.88. The van der Waals surface area contributed by atoms with Crippen molar-refractivity contribution >= 4 is 41.7 Å². The van der Waals surface area contributed by atoms with Crippen LogP contribution < -0.4 is 20.5 Å². The van der Waals surface area contributed by atoms with Gasteiger partial charge in [0, 0.05) is 41.4 Å². The van der Waals surface area contributed by atoms with E-state index in [0.717, 1.165) is 18.0 Å². The predicted molar refractivity (Wildman–Crippen MR) is 99.0 cm³/mol. The summed E-state index contributed by atoms with van der Waals surface area (Å²) < 4.78 is 12.9. The molecule has 0 amide bonds. The number of anilines is 2. The third-order valence-electron chi connectivity index (χ3n) is 3.82. The van der Waals surface area contributed by atoms with Gasteiger partial charge >= 0.3 is 5.76 Å². The molecule has 1 unspecified atom stereocenters. The molecule has 1 aliphatic rings. The van der Waals surface area contributed by atoms with Crippen LogP contribution in [-0.4, -0.2) is 22.8 Å². The highest BCUT2D eigenvalue weighted by Crippen LogP contribution is 2.42. The Hall–Kier alpha value is -1.36. The number of benzene rings is 1. The molecule has 2 heterocycles. The van der Waals surface area contributed by atoms with Gasteiger partial charge in [-0.3, -0.25) is 9.51 Å². The van der Waals surface area contributed by atoms with Crippen LogP contribution >= 0.6 is 30.3 Å². The van der Waals surface area contributed by atoms with Crippen LogP contribution in [0.5, 0.6) is 5.75 Å². The smallest absolute Gasteiger partial charge is 0.438 e. The van der Waals surface area contributed by atoms with Crippen molar-refractivity contribution in [3.05, 3.63) is 34.6 Å². The van der Waals surface area contributed by atoms with Crippen molar-refractivity contribution in [3.63, 3.8) is 0 Å². The zero-order valence-electron chi connectivity index (χ0n) is 12.7. The normalized spacial score (nSPS) is 17.7. The monoisotopic (exact) mass is 448 g/mol. The Morgan fingerprint density at radius 2 is 2.35 bits per heavy atom. The maximum atomic E-state index is 11.2. The molecule has 23 heavy (non-hydrogen) atoms. The van der Waals surface area contributed by atoms with Gasteiger partial charge in [0.25, 0.3) is 0 Å². The highest BCUT2D eigenvalue weighted by Gasteiger charge is 2.34. The van der Waals surface area contributed by atoms with Crippen LogP contribution in [0, 0.1) is 0 Å². The average molecular weight is 448 g/mol. The highest BCUT2D eigenvalue weighted by molar-refractivity contribution is 14.2. The first-order chi connectivity index (χ1) is 10.9. The van der Waals surface area contributed by atoms with E-state index in [-0.39, 0.29) is 11.5 Å². The molecule has 7 nitrogen and oxygen atoms in total. The molecule has 9 heteroatoms. The van der Waals surface area contributed by atoms with Gasteiger partial charge in [0.1, 0.15) is 11.9 Å². The summed E-state index contributed by atoms with van der Waals surface area (Å²) in [5.41, 5.74) is 7.19. The molecule has 3 N–H and O–H groups in total. The van der Waals surface area contributed by atoms with E-state index in [2.05, 4.69) is 40.2 Å². The summed E-state index contributed by atoms with van der Waals surface area (Å²) in [4.78, 5) is 13.8. The Morgan fingerprint density at radius 1 is 1.57 bits per heavy atom. The molecule has 2 aromatic rings. The van der Waals surface area contributed by atoms with Gasteiger partial charge < -0.3 is 14.8 Å². The number of nitrogens with one attached hydrogen (secondary N) is 1. The first-order valence-corrected chi connectivity index (χ1v) is 10.4. The quantitative estimate of drug-likeness (QED) is 0.422. The summed E-state index contributed by atoms with van der Waals surface area (Å²) in [5, 5.41) is 3.81. The average Bonchev–Trinajstić information content (AvgIpc) is 2.94. The zero-order valence-corrected chi connectivity index (χ0v) is 15.7. The van der Waals surface area contributed by atoms with Crippen LogP contribution in [0.2, 0.25) is 0 Å². The van der Waals surface area contributed by atoms with E-state index in [1.807, 2.05) is 32.0 Å². The van der Waals surface area contributed by atoms with Crippen LogP contribution in [0.15, 0.2) is 27.5 Å². The fourth-order valence-corrected chi connectivity index (χ4v) is 4.25. The molecular formula is C14H17IN4O3S. The number of H-pyrrole nitrogens is 1. The molecule has 0 aliphatic carbocycles. The van der Waals surface area contributed by atoms with Crippen molar-refractivity contribution in [1.82, 2.24) is 10.1 Å². The lowest BCUT2D eigenvalue weighted by Gasteiger charge is -2.37. The van der Waals surface area contributed by atoms with E-state index >= 15 is 0 Å². The van der Waals surface area contributed by atoms with Gasteiger partial charge in [-0.1, -0.05) is 19.0 Å². The number of nitrogen functional groups attached to an aromatic ring is 1. The number of hydrogen-bond acceptors (Lipinski definition) is 7. The summed E-state index contributed by atoms with van der Waals surface area (Å²) >= 11 is 2.25. The Labute approximate surface area is 149 Å². The summed E-state index contributed by atoms with van der Waals surface area (Å²) in [6, 6.07) is 5.64. The first-order valence-electron chi connectivity index (χ1n) is 7.08. The molecule has 1 aromatic heterocycles. The Balaban J connectivity index is 1.82. The SMILES string of the molecule is CC(C)(CC1CN(SI)c2cc(N)ccc2O1)c1noc(=O)[nH]1. The van der Waals surface area contributed by atoms with Gasteiger partial charge in [0.15, 0.2) is 5.82 Å². The third-order valence-corrected chi connectivity index (χ3v) is 5.76. The third kappa shape index (κ3) is 3.44. The fourth-order valence-electron chi connectivity index (χ4n) is 2.69. The maximum absolute atomic E-state index is 11.2. The van der Waals surface area contributed by atoms with E-state index in [1.165, 1.54) is 0 Å². The second-order valence-electron chi connectivity index (χ2n) is 6.13. The van der Waals surface area contributed by atoms with Gasteiger partial charge in [-0.25, -0.2) is 4.79 Å². The topological polar surface area (TPSA) is 97.4 Å². The minimum absolute atomic E-state index is 0.0383. The largest absolute Gasteiger partial charge is 0.486 e. The van der Waals surface area contributed by atoms with Gasteiger partial charge in [-0.2, -0.15) is 0 Å². The molecule has 0 spiro atoms. The molecule has 0 bridgehead atoms. The minimum Gasteiger partial charge on any atom is -0.486 e. The lowest BCUT2D eigenvalue weighted by molar-refractivity contribution is 0.160. The number of nitrogens with zero attached hydrogens (tertiary/aromatic N) is 2. The van der Waals surface area contributed by atoms with E-state index in [4.69, 9.17) is 10.5 Å². The second-order valence-corrected chi connectivity index (χ2v) is 7.89. The van der Waals surface area contributed by atoms with Crippen molar-refractivity contribution in [2.75, 3.05) is 16.6 Å². The molecule has 0 saturated heterocycles. The molecule has 0 fully saturated rings. The van der Waals surface area contributed by atoms with Crippen LogP contribution in [0.25, 0.3) is 0 Å². The Bertz CT molecular complexity index is 760. The molecule has 1 aliphatic heterocycles. The number of aromatic amines is 1. The number of ether oxygens (including phenoxy) is 1. The maximum Gasteiger partial charge on any atom is 0.438 e. The zero-order chi connectivity index (χ0) is 16.6. The summed E-state index contributed by atoms with van der Waals surface area (Å²) in [5.74, 6) is 0.801. The summed E-state index contributed by atoms with van der Waals surface area (Å²) in [7, 11) is 1.60. The van der Waals surface area contributed by atoms with Crippen LogP contribution in [0.1, 0.15) is 26.1 Å². The molecule has 3 rings (SSSR count). The minimum atomic E-state index is -0.539. The van der Waals surface area contributed by atoms with E-state index in [1.54, 1.807) is 9.12 Å². The fraction of sp³-hybridized carbons (Fsp3) is 0.429.